The van der Waals surface area contributed by atoms with Gasteiger partial charge in [0.15, 0.2) is 6.61 Å². The maximum atomic E-state index is 11.1. The molecule has 3 amide bonds. The second-order valence-electron chi connectivity index (χ2n) is 4.12. The number of nitrogens with one attached hydrogen (secondary N) is 1. The molecule has 0 spiro atoms. The number of carbonyl (C=O) groups is 2. The van der Waals surface area contributed by atoms with E-state index in [0.717, 1.165) is 17.5 Å². The quantitative estimate of drug-likeness (QED) is 0.715. The van der Waals surface area contributed by atoms with Crippen molar-refractivity contribution in [1.29, 1.82) is 0 Å². The normalized spacial score (nSPS) is 17.1. The first kappa shape index (κ1) is 12.4. The Balaban J connectivity index is 1.95. The molecule has 2 rings (SSSR count). The zero-order valence-electron chi connectivity index (χ0n) is 9.68. The lowest BCUT2D eigenvalue weighted by Gasteiger charge is -2.08. The molecule has 6 heteroatoms. The van der Waals surface area contributed by atoms with Crippen LogP contribution in [0, 0.1) is 0 Å². The highest BCUT2D eigenvalue weighted by molar-refractivity contribution is 5.94. The molecule has 1 aromatic carbocycles. The van der Waals surface area contributed by atoms with Crippen molar-refractivity contribution >= 4 is 11.9 Å². The topological polar surface area (TPSA) is 102 Å². The first-order valence-corrected chi connectivity index (χ1v) is 5.59. The molecule has 1 aliphatic rings. The lowest BCUT2D eigenvalue weighted by atomic mass is 10.1. The Morgan fingerprint density at radius 3 is 3.00 bits per heavy atom. The van der Waals surface area contributed by atoms with Crippen LogP contribution in [0.4, 0.5) is 4.79 Å². The maximum absolute atomic E-state index is 11.1. The molecule has 18 heavy (non-hydrogen) atoms. The van der Waals surface area contributed by atoms with Crippen molar-refractivity contribution in [3.8, 4) is 5.75 Å². The Morgan fingerprint density at radius 1 is 1.50 bits per heavy atom. The van der Waals surface area contributed by atoms with E-state index < -0.39 is 18.0 Å². The number of carbonyl (C=O) groups excluding carboxylic acids is 2. The molecule has 6 nitrogen and oxygen atoms in total. The fourth-order valence-corrected chi connectivity index (χ4v) is 1.98. The summed E-state index contributed by atoms with van der Waals surface area (Å²) in [7, 11) is 0. The predicted octanol–water partition coefficient (Wildman–Crippen LogP) is 0.240. The number of aliphatic hydroxyl groups is 1. The summed E-state index contributed by atoms with van der Waals surface area (Å²) in [6.07, 6.45) is 1.09. The van der Waals surface area contributed by atoms with E-state index in [1.165, 1.54) is 0 Å². The van der Waals surface area contributed by atoms with Gasteiger partial charge in [0.25, 0.3) is 5.91 Å². The smallest absolute Gasteiger partial charge is 0.318 e. The van der Waals surface area contributed by atoms with Crippen LogP contribution in [0.1, 0.15) is 23.7 Å². The molecule has 0 saturated heterocycles. The fraction of sp³-hybridized carbons (Fsp3) is 0.333. The molecule has 0 unspecified atom stereocenters. The van der Waals surface area contributed by atoms with E-state index >= 15 is 0 Å². The summed E-state index contributed by atoms with van der Waals surface area (Å²) in [6.45, 7) is -0.274. The van der Waals surface area contributed by atoms with Gasteiger partial charge < -0.3 is 15.6 Å². The minimum absolute atomic E-state index is 0.274. The Morgan fingerprint density at radius 2 is 2.28 bits per heavy atom. The minimum atomic E-state index is -0.902. The summed E-state index contributed by atoms with van der Waals surface area (Å²) < 4.78 is 5.23. The van der Waals surface area contributed by atoms with Gasteiger partial charge in [-0.1, -0.05) is 6.07 Å². The van der Waals surface area contributed by atoms with Crippen LogP contribution in [0.25, 0.3) is 0 Å². The third-order valence-corrected chi connectivity index (χ3v) is 2.79. The second kappa shape index (κ2) is 5.05. The number of primary amides is 1. The maximum Gasteiger partial charge on any atom is 0.318 e. The number of imide groups is 1. The van der Waals surface area contributed by atoms with E-state index in [-0.39, 0.29) is 6.61 Å². The third-order valence-electron chi connectivity index (χ3n) is 2.79. The molecule has 0 saturated carbocycles. The van der Waals surface area contributed by atoms with Gasteiger partial charge in [0.1, 0.15) is 5.75 Å². The van der Waals surface area contributed by atoms with Gasteiger partial charge in [-0.15, -0.1) is 0 Å². The average molecular weight is 250 g/mol. The van der Waals surface area contributed by atoms with Gasteiger partial charge >= 0.3 is 6.03 Å². The summed E-state index contributed by atoms with van der Waals surface area (Å²) in [6, 6.07) is 4.36. The van der Waals surface area contributed by atoms with Crippen LogP contribution in [0.5, 0.6) is 5.75 Å². The van der Waals surface area contributed by atoms with Gasteiger partial charge in [-0.2, -0.15) is 0 Å². The van der Waals surface area contributed by atoms with E-state index in [1.807, 2.05) is 5.32 Å². The van der Waals surface area contributed by atoms with E-state index in [2.05, 4.69) is 0 Å². The number of amides is 3. The summed E-state index contributed by atoms with van der Waals surface area (Å²) >= 11 is 0. The molecular weight excluding hydrogens is 236 g/mol. The lowest BCUT2D eigenvalue weighted by molar-refractivity contribution is -0.121. The number of aryl methyl sites for hydroxylation is 1. The van der Waals surface area contributed by atoms with Crippen LogP contribution in [-0.2, 0) is 11.2 Å². The summed E-state index contributed by atoms with van der Waals surface area (Å²) in [4.78, 5) is 21.6. The number of hydrogen-bond acceptors (Lipinski definition) is 4. The van der Waals surface area contributed by atoms with E-state index in [4.69, 9.17) is 10.5 Å². The largest absolute Gasteiger partial charge is 0.484 e. The first-order chi connectivity index (χ1) is 8.56. The second-order valence-corrected chi connectivity index (χ2v) is 4.12. The van der Waals surface area contributed by atoms with Gasteiger partial charge in [-0.3, -0.25) is 10.1 Å². The van der Waals surface area contributed by atoms with Crippen molar-refractivity contribution in [3.05, 3.63) is 29.3 Å². The third kappa shape index (κ3) is 2.78. The number of benzene rings is 1. The molecule has 0 aliphatic heterocycles. The molecule has 0 fully saturated rings. The lowest BCUT2D eigenvalue weighted by Crippen LogP contribution is -2.38. The van der Waals surface area contributed by atoms with Crippen molar-refractivity contribution in [3.63, 3.8) is 0 Å². The van der Waals surface area contributed by atoms with Crippen molar-refractivity contribution in [2.24, 2.45) is 5.73 Å². The molecule has 0 aromatic heterocycles. The van der Waals surface area contributed by atoms with Crippen molar-refractivity contribution < 1.29 is 19.4 Å². The van der Waals surface area contributed by atoms with Crippen LogP contribution in [-0.4, -0.2) is 23.7 Å². The molecule has 0 heterocycles. The number of ether oxygens (including phenoxy) is 1. The van der Waals surface area contributed by atoms with Gasteiger partial charge in [0.2, 0.25) is 0 Å². The number of urea groups is 1. The molecule has 0 bridgehead atoms. The van der Waals surface area contributed by atoms with E-state index in [1.54, 1.807) is 18.2 Å². The highest BCUT2D eigenvalue weighted by Gasteiger charge is 2.20. The molecular formula is C12H14N2O4. The van der Waals surface area contributed by atoms with E-state index in [0.29, 0.717) is 12.2 Å². The molecule has 0 radical (unpaired) electrons. The SMILES string of the molecule is NC(=O)NC(=O)COc1ccc2c(c1)CC[C@@H]2O. The van der Waals surface area contributed by atoms with Crippen LogP contribution in [0.2, 0.25) is 0 Å². The molecule has 1 aromatic rings. The van der Waals surface area contributed by atoms with Crippen molar-refractivity contribution in [2.75, 3.05) is 6.61 Å². The highest BCUT2D eigenvalue weighted by atomic mass is 16.5. The van der Waals surface area contributed by atoms with Crippen molar-refractivity contribution in [2.45, 2.75) is 18.9 Å². The predicted molar refractivity (Wildman–Crippen MR) is 62.9 cm³/mol. The molecule has 96 valence electrons. The monoisotopic (exact) mass is 250 g/mol. The first-order valence-electron chi connectivity index (χ1n) is 5.59. The van der Waals surface area contributed by atoms with Crippen molar-refractivity contribution in [1.82, 2.24) is 5.32 Å². The van der Waals surface area contributed by atoms with Crippen LogP contribution in [0.15, 0.2) is 18.2 Å². The molecule has 4 N–H and O–H groups in total. The van der Waals surface area contributed by atoms with Gasteiger partial charge in [0.05, 0.1) is 6.10 Å². The molecule has 1 atom stereocenters. The number of nitrogens with two attached hydrogens (primary N) is 1. The number of fused-ring (bicyclic) bond motifs is 1. The van der Waals surface area contributed by atoms with Gasteiger partial charge in [-0.25, -0.2) is 4.79 Å². The highest BCUT2D eigenvalue weighted by Crippen LogP contribution is 2.33. The van der Waals surface area contributed by atoms with Gasteiger partial charge in [-0.05, 0) is 36.1 Å². The van der Waals surface area contributed by atoms with Crippen LogP contribution >= 0.6 is 0 Å². The standard InChI is InChI=1S/C12H14N2O4/c13-12(17)14-11(16)6-18-8-2-3-9-7(5-8)1-4-10(9)15/h2-3,5,10,15H,1,4,6H2,(H3,13,14,16,17)/t10-/m0/s1. The Bertz CT molecular complexity index is 487. The van der Waals surface area contributed by atoms with Gasteiger partial charge in [0, 0.05) is 0 Å². The number of aliphatic hydroxyl groups excluding tert-OH is 1. The summed E-state index contributed by atoms with van der Waals surface area (Å²) in [5.41, 5.74) is 6.73. The zero-order valence-corrected chi connectivity index (χ0v) is 9.68. The molecule has 1 aliphatic carbocycles. The number of hydrogen-bond donors (Lipinski definition) is 3. The van der Waals surface area contributed by atoms with Crippen LogP contribution in [0.3, 0.4) is 0 Å². The average Bonchev–Trinajstić information content (AvgIpc) is 2.67. The number of rotatable bonds is 3. The summed E-state index contributed by atoms with van der Waals surface area (Å²) in [5.74, 6) is -0.0643. The van der Waals surface area contributed by atoms with Crippen LogP contribution < -0.4 is 15.8 Å². The Labute approximate surface area is 104 Å². The minimum Gasteiger partial charge on any atom is -0.484 e. The fourth-order valence-electron chi connectivity index (χ4n) is 1.98. The Hall–Kier alpha value is -2.08. The zero-order chi connectivity index (χ0) is 13.1. The summed E-state index contributed by atoms with van der Waals surface area (Å²) in [5, 5.41) is 11.5. The van der Waals surface area contributed by atoms with E-state index in [9.17, 15) is 14.7 Å². The Kier molecular flexibility index (Phi) is 3.47.